The van der Waals surface area contributed by atoms with Gasteiger partial charge in [-0.2, -0.15) is 0 Å². The third-order valence-electron chi connectivity index (χ3n) is 8.39. The van der Waals surface area contributed by atoms with Gasteiger partial charge in [0.25, 0.3) is 0 Å². The largest absolute Gasteiger partial charge is 0.388 e. The van der Waals surface area contributed by atoms with Crippen molar-refractivity contribution >= 4 is 11.9 Å². The van der Waals surface area contributed by atoms with Gasteiger partial charge in [-0.25, -0.2) is 4.79 Å². The molecule has 0 radical (unpaired) electrons. The lowest BCUT2D eigenvalue weighted by atomic mass is 9.68. The highest BCUT2D eigenvalue weighted by atomic mass is 16.3. The average molecular weight is 443 g/mol. The quantitative estimate of drug-likeness (QED) is 0.604. The van der Waals surface area contributed by atoms with Crippen LogP contribution in [-0.2, 0) is 10.3 Å². The maximum absolute atomic E-state index is 13.6. The van der Waals surface area contributed by atoms with Crippen LogP contribution in [0.25, 0.3) is 0 Å². The third kappa shape index (κ3) is 3.90. The molecule has 2 saturated carbocycles. The summed E-state index contributed by atoms with van der Waals surface area (Å²) in [5.41, 5.74) is 4.86. The topological polar surface area (TPSA) is 98.9 Å². The Hall–Kier alpha value is -2.12. The molecule has 0 aromatic heterocycles. The first-order valence-corrected chi connectivity index (χ1v) is 11.9. The second kappa shape index (κ2) is 8.03. The molecule has 0 bridgehead atoms. The summed E-state index contributed by atoms with van der Waals surface area (Å²) in [6.07, 6.45) is 5.98. The van der Waals surface area contributed by atoms with Crippen LogP contribution in [0, 0.1) is 5.41 Å². The molecule has 4 N–H and O–H groups in total. The molecule has 32 heavy (non-hydrogen) atoms. The van der Waals surface area contributed by atoms with Crippen molar-refractivity contribution in [1.82, 2.24) is 15.1 Å². The molecule has 1 heterocycles. The summed E-state index contributed by atoms with van der Waals surface area (Å²) in [5.74, 6) is -0.405. The number of rotatable bonds is 7. The fourth-order valence-electron chi connectivity index (χ4n) is 5.84. The van der Waals surface area contributed by atoms with E-state index in [0.29, 0.717) is 19.6 Å². The molecule has 1 saturated heterocycles. The van der Waals surface area contributed by atoms with E-state index in [1.807, 2.05) is 18.0 Å². The Morgan fingerprint density at radius 2 is 1.75 bits per heavy atom. The van der Waals surface area contributed by atoms with Gasteiger partial charge in [0.05, 0.1) is 23.1 Å². The molecule has 7 heteroatoms. The number of carbonyl (C=O) groups is 2. The van der Waals surface area contributed by atoms with E-state index in [1.165, 1.54) is 5.56 Å². The maximum Gasteiger partial charge on any atom is 0.320 e. The summed E-state index contributed by atoms with van der Waals surface area (Å²) in [6, 6.07) is 10.5. The van der Waals surface area contributed by atoms with Gasteiger partial charge in [0.15, 0.2) is 0 Å². The highest BCUT2D eigenvalue weighted by Crippen LogP contribution is 2.48. The Morgan fingerprint density at radius 3 is 2.25 bits per heavy atom. The fraction of sp³-hybridized carbons (Fsp3) is 0.680. The molecule has 3 amide bonds. The fourth-order valence-corrected chi connectivity index (χ4v) is 5.84. The van der Waals surface area contributed by atoms with Crippen LogP contribution >= 0.6 is 0 Å². The number of aliphatic hydroxyl groups is 1. The molecular weight excluding hydrogens is 404 g/mol. The molecule has 1 spiro atoms. The predicted octanol–water partition coefficient (Wildman–Crippen LogP) is 2.58. The number of hydrogen-bond donors (Lipinski definition) is 3. The minimum absolute atomic E-state index is 0.0729. The van der Waals surface area contributed by atoms with Crippen molar-refractivity contribution in [2.75, 3.05) is 26.7 Å². The van der Waals surface area contributed by atoms with Crippen LogP contribution in [0.4, 0.5) is 4.79 Å². The summed E-state index contributed by atoms with van der Waals surface area (Å²) in [6.45, 7) is 4.83. The first-order chi connectivity index (χ1) is 15.0. The molecule has 3 aliphatic rings. The van der Waals surface area contributed by atoms with Crippen LogP contribution in [0.2, 0.25) is 0 Å². The molecule has 2 aliphatic carbocycles. The number of benzene rings is 1. The van der Waals surface area contributed by atoms with Crippen molar-refractivity contribution in [3.8, 4) is 0 Å². The molecule has 1 aromatic rings. The lowest BCUT2D eigenvalue weighted by Crippen LogP contribution is -2.59. The number of β-amino-alcohol motifs (C(OH)–C–C–N with tert-alkyl or cyclic N) is 1. The van der Waals surface area contributed by atoms with E-state index in [0.717, 1.165) is 44.9 Å². The highest BCUT2D eigenvalue weighted by Gasteiger charge is 2.56. The lowest BCUT2D eigenvalue weighted by molar-refractivity contribution is -0.126. The van der Waals surface area contributed by atoms with Crippen molar-refractivity contribution in [2.45, 2.75) is 75.5 Å². The van der Waals surface area contributed by atoms with Gasteiger partial charge in [0.2, 0.25) is 5.91 Å². The molecule has 0 atom stereocenters. The van der Waals surface area contributed by atoms with Crippen LogP contribution in [-0.4, -0.2) is 64.7 Å². The van der Waals surface area contributed by atoms with Crippen molar-refractivity contribution in [3.63, 3.8) is 0 Å². The van der Waals surface area contributed by atoms with Gasteiger partial charge in [-0.3, -0.25) is 4.79 Å². The van der Waals surface area contributed by atoms with Crippen LogP contribution in [0.5, 0.6) is 0 Å². The minimum atomic E-state index is -0.798. The first-order valence-electron chi connectivity index (χ1n) is 11.9. The zero-order valence-electron chi connectivity index (χ0n) is 19.7. The Kier molecular flexibility index (Phi) is 5.78. The van der Waals surface area contributed by atoms with Gasteiger partial charge < -0.3 is 26.0 Å². The zero-order chi connectivity index (χ0) is 23.2. The monoisotopic (exact) mass is 442 g/mol. The number of carbonyl (C=O) groups excluding carboxylic acids is 2. The van der Waals surface area contributed by atoms with Crippen LogP contribution in [0.15, 0.2) is 30.3 Å². The number of primary amides is 1. The smallest absolute Gasteiger partial charge is 0.320 e. The van der Waals surface area contributed by atoms with E-state index in [9.17, 15) is 14.7 Å². The number of nitrogens with one attached hydrogen (secondary N) is 1. The van der Waals surface area contributed by atoms with Gasteiger partial charge in [-0.15, -0.1) is 0 Å². The number of nitrogens with zero attached hydrogens (tertiary/aromatic N) is 2. The van der Waals surface area contributed by atoms with E-state index in [2.05, 4.69) is 29.6 Å². The average Bonchev–Trinajstić information content (AvgIpc) is 2.99. The maximum atomic E-state index is 13.6. The highest BCUT2D eigenvalue weighted by molar-refractivity contribution is 5.83. The molecular formula is C25H38N4O3. The van der Waals surface area contributed by atoms with Crippen molar-refractivity contribution in [1.29, 1.82) is 0 Å². The summed E-state index contributed by atoms with van der Waals surface area (Å²) in [4.78, 5) is 29.3. The lowest BCUT2D eigenvalue weighted by Gasteiger charge is -2.50. The first kappa shape index (κ1) is 23.1. The molecule has 3 fully saturated rings. The van der Waals surface area contributed by atoms with Crippen LogP contribution in [0.1, 0.15) is 64.4 Å². The zero-order valence-corrected chi connectivity index (χ0v) is 19.7. The molecule has 7 nitrogen and oxygen atoms in total. The standard InChI is InChI=1S/C25H38N4O3/c1-22(2,20(26)30)16-28-17-23(29(21(28)31)18-24(32)10-7-11-24)12-14-25(27-3,15-13-23)19-8-5-4-6-9-19/h4-6,8-9,27,32H,7,10-18H2,1-3H3,(H2,26,30). The number of urea groups is 1. The molecule has 1 aliphatic heterocycles. The van der Waals surface area contributed by atoms with E-state index in [-0.39, 0.29) is 17.1 Å². The Bertz CT molecular complexity index is 857. The summed E-state index contributed by atoms with van der Waals surface area (Å²) in [5, 5.41) is 14.5. The second-order valence-electron chi connectivity index (χ2n) is 11.0. The molecule has 4 rings (SSSR count). The Labute approximate surface area is 191 Å². The normalized spacial score (nSPS) is 29.9. The minimum Gasteiger partial charge on any atom is -0.388 e. The van der Waals surface area contributed by atoms with Crippen molar-refractivity contribution in [2.24, 2.45) is 11.1 Å². The number of amides is 3. The van der Waals surface area contributed by atoms with Gasteiger partial charge in [-0.05, 0) is 71.4 Å². The Balaban J connectivity index is 1.60. The molecule has 176 valence electrons. The SMILES string of the molecule is CNC1(c2ccccc2)CCC2(CC1)CN(CC(C)(C)C(N)=O)C(=O)N2CC1(O)CCC1. The van der Waals surface area contributed by atoms with Gasteiger partial charge in [0, 0.05) is 18.6 Å². The number of hydrogen-bond acceptors (Lipinski definition) is 4. The van der Waals surface area contributed by atoms with E-state index >= 15 is 0 Å². The van der Waals surface area contributed by atoms with Gasteiger partial charge in [-0.1, -0.05) is 30.3 Å². The van der Waals surface area contributed by atoms with Gasteiger partial charge >= 0.3 is 6.03 Å². The van der Waals surface area contributed by atoms with Crippen molar-refractivity contribution in [3.05, 3.63) is 35.9 Å². The summed E-state index contributed by atoms with van der Waals surface area (Å²) >= 11 is 0. The molecule has 0 unspecified atom stereocenters. The predicted molar refractivity (Wildman–Crippen MR) is 124 cm³/mol. The van der Waals surface area contributed by atoms with Crippen LogP contribution in [0.3, 0.4) is 0 Å². The molecule has 1 aromatic carbocycles. The van der Waals surface area contributed by atoms with Gasteiger partial charge in [0.1, 0.15) is 0 Å². The number of nitrogens with two attached hydrogens (primary N) is 1. The van der Waals surface area contributed by atoms with E-state index in [4.69, 9.17) is 5.73 Å². The van der Waals surface area contributed by atoms with Crippen molar-refractivity contribution < 1.29 is 14.7 Å². The van der Waals surface area contributed by atoms with E-state index in [1.54, 1.807) is 18.7 Å². The third-order valence-corrected chi connectivity index (χ3v) is 8.39. The summed E-state index contributed by atoms with van der Waals surface area (Å²) < 4.78 is 0. The Morgan fingerprint density at radius 1 is 1.12 bits per heavy atom. The van der Waals surface area contributed by atoms with E-state index < -0.39 is 16.9 Å². The second-order valence-corrected chi connectivity index (χ2v) is 11.0. The van der Waals surface area contributed by atoms with Crippen LogP contribution < -0.4 is 11.1 Å². The summed E-state index contributed by atoms with van der Waals surface area (Å²) in [7, 11) is 2.02.